The van der Waals surface area contributed by atoms with Gasteiger partial charge in [-0.1, -0.05) is 61.0 Å². The van der Waals surface area contributed by atoms with Gasteiger partial charge in [-0.15, -0.1) is 0 Å². The molecule has 0 amide bonds. The number of aryl methyl sites for hydroxylation is 1. The molecule has 2 rings (SSSR count). The molecule has 21 heavy (non-hydrogen) atoms. The highest BCUT2D eigenvalue weighted by molar-refractivity contribution is 6.09. The normalized spacial score (nSPS) is 10.3. The number of unbranched alkanes of at least 4 members (excludes halogenated alkanes) is 3. The fourth-order valence-electron chi connectivity index (χ4n) is 2.42. The second kappa shape index (κ2) is 8.15. The van der Waals surface area contributed by atoms with E-state index in [-0.39, 0.29) is 5.78 Å². The molecular weight excluding hydrogens is 260 g/mol. The number of hydrogen-bond acceptors (Lipinski definition) is 2. The van der Waals surface area contributed by atoms with Crippen molar-refractivity contribution in [2.45, 2.75) is 32.1 Å². The molecule has 0 aliphatic rings. The van der Waals surface area contributed by atoms with Crippen LogP contribution in [-0.4, -0.2) is 12.1 Å². The maximum Gasteiger partial charge on any atom is 0.193 e. The van der Waals surface area contributed by atoms with Crippen LogP contribution in [-0.2, 0) is 11.2 Å². The van der Waals surface area contributed by atoms with Crippen molar-refractivity contribution >= 4 is 12.1 Å². The summed E-state index contributed by atoms with van der Waals surface area (Å²) in [4.78, 5) is 22.8. The summed E-state index contributed by atoms with van der Waals surface area (Å²) < 4.78 is 0. The predicted octanol–water partition coefficient (Wildman–Crippen LogP) is 4.22. The lowest BCUT2D eigenvalue weighted by molar-refractivity contribution is -0.107. The molecule has 0 unspecified atom stereocenters. The second-order valence-electron chi connectivity index (χ2n) is 5.12. The maximum atomic E-state index is 12.6. The van der Waals surface area contributed by atoms with Crippen molar-refractivity contribution in [1.82, 2.24) is 0 Å². The third kappa shape index (κ3) is 4.38. The number of hydrogen-bond donors (Lipinski definition) is 0. The molecule has 2 heteroatoms. The van der Waals surface area contributed by atoms with Crippen LogP contribution in [0.2, 0.25) is 0 Å². The van der Waals surface area contributed by atoms with E-state index in [1.54, 1.807) is 0 Å². The fraction of sp³-hybridized carbons (Fsp3) is 0.263. The maximum absolute atomic E-state index is 12.6. The SMILES string of the molecule is O=CCCCCCc1ccccc1C(=O)c1ccccc1. The van der Waals surface area contributed by atoms with Crippen LogP contribution in [0.3, 0.4) is 0 Å². The Balaban J connectivity index is 2.06. The van der Waals surface area contributed by atoms with E-state index in [0.29, 0.717) is 6.42 Å². The first kappa shape index (κ1) is 15.2. The summed E-state index contributed by atoms with van der Waals surface area (Å²) in [5.74, 6) is 0.0825. The van der Waals surface area contributed by atoms with E-state index in [1.807, 2.05) is 54.6 Å². The molecule has 0 aromatic heterocycles. The summed E-state index contributed by atoms with van der Waals surface area (Å²) in [7, 11) is 0. The fourth-order valence-corrected chi connectivity index (χ4v) is 2.42. The van der Waals surface area contributed by atoms with Gasteiger partial charge in [-0.05, 0) is 24.8 Å². The lowest BCUT2D eigenvalue weighted by Gasteiger charge is -2.08. The molecule has 0 saturated carbocycles. The van der Waals surface area contributed by atoms with Gasteiger partial charge in [0.2, 0.25) is 0 Å². The molecule has 0 atom stereocenters. The van der Waals surface area contributed by atoms with Gasteiger partial charge in [0, 0.05) is 17.5 Å². The molecule has 108 valence electrons. The molecule has 2 nitrogen and oxygen atoms in total. The highest BCUT2D eigenvalue weighted by Gasteiger charge is 2.12. The van der Waals surface area contributed by atoms with E-state index < -0.39 is 0 Å². The Morgan fingerprint density at radius 2 is 1.57 bits per heavy atom. The molecule has 2 aromatic carbocycles. The number of carbonyl (C=O) groups excluding carboxylic acids is 2. The van der Waals surface area contributed by atoms with Gasteiger partial charge in [-0.2, -0.15) is 0 Å². The molecule has 0 spiro atoms. The minimum absolute atomic E-state index is 0.0825. The van der Waals surface area contributed by atoms with Gasteiger partial charge in [0.15, 0.2) is 5.78 Å². The van der Waals surface area contributed by atoms with Gasteiger partial charge >= 0.3 is 0 Å². The Bertz CT molecular complexity index is 588. The largest absolute Gasteiger partial charge is 0.303 e. The molecular formula is C19H20O2. The van der Waals surface area contributed by atoms with Gasteiger partial charge < -0.3 is 4.79 Å². The zero-order chi connectivity index (χ0) is 14.9. The zero-order valence-electron chi connectivity index (χ0n) is 12.1. The number of benzene rings is 2. The summed E-state index contributed by atoms with van der Waals surface area (Å²) in [5, 5.41) is 0. The molecule has 0 bridgehead atoms. The number of ketones is 1. The van der Waals surface area contributed by atoms with Crippen LogP contribution in [0.25, 0.3) is 0 Å². The molecule has 0 aliphatic heterocycles. The Kier molecular flexibility index (Phi) is 5.89. The lowest BCUT2D eigenvalue weighted by Crippen LogP contribution is -2.05. The van der Waals surface area contributed by atoms with Crippen LogP contribution in [0.5, 0.6) is 0 Å². The third-order valence-corrected chi connectivity index (χ3v) is 3.57. The first-order valence-corrected chi connectivity index (χ1v) is 7.44. The summed E-state index contributed by atoms with van der Waals surface area (Å²) >= 11 is 0. The molecule has 0 aliphatic carbocycles. The highest BCUT2D eigenvalue weighted by atomic mass is 16.1. The first-order valence-electron chi connectivity index (χ1n) is 7.44. The smallest absolute Gasteiger partial charge is 0.193 e. The van der Waals surface area contributed by atoms with Crippen molar-refractivity contribution in [3.63, 3.8) is 0 Å². The van der Waals surface area contributed by atoms with E-state index in [0.717, 1.165) is 48.7 Å². The Morgan fingerprint density at radius 1 is 0.857 bits per heavy atom. The summed E-state index contributed by atoms with van der Waals surface area (Å²) in [6, 6.07) is 17.2. The van der Waals surface area contributed by atoms with Crippen LogP contribution < -0.4 is 0 Å². The van der Waals surface area contributed by atoms with Crippen molar-refractivity contribution in [3.8, 4) is 0 Å². The van der Waals surface area contributed by atoms with E-state index in [1.165, 1.54) is 0 Å². The monoisotopic (exact) mass is 280 g/mol. The number of rotatable bonds is 8. The zero-order valence-corrected chi connectivity index (χ0v) is 12.1. The van der Waals surface area contributed by atoms with Crippen LogP contribution in [0.15, 0.2) is 54.6 Å². The minimum Gasteiger partial charge on any atom is -0.303 e. The molecule has 0 fully saturated rings. The minimum atomic E-state index is 0.0825. The average Bonchev–Trinajstić information content (AvgIpc) is 2.55. The van der Waals surface area contributed by atoms with Crippen molar-refractivity contribution < 1.29 is 9.59 Å². The van der Waals surface area contributed by atoms with E-state index in [9.17, 15) is 9.59 Å². The molecule has 0 heterocycles. The van der Waals surface area contributed by atoms with Crippen LogP contribution in [0.4, 0.5) is 0 Å². The molecule has 2 aromatic rings. The second-order valence-corrected chi connectivity index (χ2v) is 5.12. The quantitative estimate of drug-likeness (QED) is 0.412. The number of carbonyl (C=O) groups is 2. The van der Waals surface area contributed by atoms with Crippen LogP contribution in [0, 0.1) is 0 Å². The van der Waals surface area contributed by atoms with Crippen molar-refractivity contribution in [1.29, 1.82) is 0 Å². The van der Waals surface area contributed by atoms with E-state index in [4.69, 9.17) is 0 Å². The lowest BCUT2D eigenvalue weighted by atomic mass is 9.95. The van der Waals surface area contributed by atoms with Gasteiger partial charge in [0.1, 0.15) is 6.29 Å². The Labute approximate surface area is 125 Å². The summed E-state index contributed by atoms with van der Waals surface area (Å²) in [6.45, 7) is 0. The number of aldehydes is 1. The van der Waals surface area contributed by atoms with Gasteiger partial charge in [-0.3, -0.25) is 4.79 Å². The van der Waals surface area contributed by atoms with Crippen LogP contribution in [0.1, 0.15) is 47.2 Å². The average molecular weight is 280 g/mol. The first-order chi connectivity index (χ1) is 10.3. The Morgan fingerprint density at radius 3 is 2.33 bits per heavy atom. The topological polar surface area (TPSA) is 34.1 Å². The predicted molar refractivity (Wildman–Crippen MR) is 84.6 cm³/mol. The van der Waals surface area contributed by atoms with Gasteiger partial charge in [0.05, 0.1) is 0 Å². The van der Waals surface area contributed by atoms with E-state index >= 15 is 0 Å². The van der Waals surface area contributed by atoms with Gasteiger partial charge in [-0.25, -0.2) is 0 Å². The molecule has 0 N–H and O–H groups in total. The third-order valence-electron chi connectivity index (χ3n) is 3.57. The van der Waals surface area contributed by atoms with Gasteiger partial charge in [0.25, 0.3) is 0 Å². The van der Waals surface area contributed by atoms with Crippen molar-refractivity contribution in [2.75, 3.05) is 0 Å². The highest BCUT2D eigenvalue weighted by Crippen LogP contribution is 2.17. The van der Waals surface area contributed by atoms with Crippen molar-refractivity contribution in [2.24, 2.45) is 0 Å². The van der Waals surface area contributed by atoms with Crippen molar-refractivity contribution in [3.05, 3.63) is 71.3 Å². The summed E-state index contributed by atoms with van der Waals surface area (Å²) in [6.07, 6.45) is 5.43. The Hall–Kier alpha value is -2.22. The summed E-state index contributed by atoms with van der Waals surface area (Å²) in [5.41, 5.74) is 2.61. The standard InChI is InChI=1S/C19H20O2/c20-15-9-2-1-4-10-16-11-7-8-14-18(16)19(21)17-12-5-3-6-13-17/h3,5-8,11-15H,1-2,4,9-10H2. The molecule has 0 radical (unpaired) electrons. The van der Waals surface area contributed by atoms with E-state index in [2.05, 4.69) is 0 Å². The molecule has 0 saturated heterocycles. The van der Waals surface area contributed by atoms with Crippen LogP contribution >= 0.6 is 0 Å².